The number of benzene rings is 1. The van der Waals surface area contributed by atoms with E-state index in [0.717, 1.165) is 16.6 Å². The van der Waals surface area contributed by atoms with Crippen LogP contribution < -0.4 is 10.6 Å². The highest BCUT2D eigenvalue weighted by Crippen LogP contribution is 2.32. The molecule has 2 N–H and O–H groups in total. The summed E-state index contributed by atoms with van der Waals surface area (Å²) in [6.07, 6.45) is 5.23. The Bertz CT molecular complexity index is 764. The SMILES string of the molecule is Cn1ccc2c(N(C(N)=O)c3ccncc3)cccc21. The molecule has 2 aromatic heterocycles. The molecule has 0 fully saturated rings. The summed E-state index contributed by atoms with van der Waals surface area (Å²) >= 11 is 0. The van der Waals surface area contributed by atoms with Crippen molar-refractivity contribution in [3.63, 3.8) is 0 Å². The smallest absolute Gasteiger partial charge is 0.323 e. The van der Waals surface area contributed by atoms with Gasteiger partial charge in [-0.1, -0.05) is 6.07 Å². The van der Waals surface area contributed by atoms with E-state index in [1.165, 1.54) is 4.90 Å². The van der Waals surface area contributed by atoms with Crippen LogP contribution in [-0.2, 0) is 7.05 Å². The van der Waals surface area contributed by atoms with Crippen molar-refractivity contribution < 1.29 is 4.79 Å². The largest absolute Gasteiger partial charge is 0.351 e. The van der Waals surface area contributed by atoms with Gasteiger partial charge in [0.1, 0.15) is 0 Å². The molecule has 0 aliphatic carbocycles. The quantitative estimate of drug-likeness (QED) is 0.775. The van der Waals surface area contributed by atoms with Gasteiger partial charge in [-0.3, -0.25) is 9.88 Å². The summed E-state index contributed by atoms with van der Waals surface area (Å²) in [5.74, 6) is 0. The highest BCUT2D eigenvalue weighted by atomic mass is 16.2. The van der Waals surface area contributed by atoms with E-state index >= 15 is 0 Å². The molecule has 0 bridgehead atoms. The molecule has 1 aromatic carbocycles. The van der Waals surface area contributed by atoms with Crippen LogP contribution in [0.5, 0.6) is 0 Å². The Morgan fingerprint density at radius 1 is 1.20 bits per heavy atom. The molecule has 5 heteroatoms. The zero-order chi connectivity index (χ0) is 14.1. The molecule has 2 heterocycles. The van der Waals surface area contributed by atoms with Gasteiger partial charge in [-0.25, -0.2) is 4.79 Å². The fourth-order valence-corrected chi connectivity index (χ4v) is 2.36. The number of pyridine rings is 1. The highest BCUT2D eigenvalue weighted by Gasteiger charge is 2.17. The number of primary amides is 1. The number of urea groups is 1. The number of rotatable bonds is 2. The highest BCUT2D eigenvalue weighted by molar-refractivity contribution is 6.06. The summed E-state index contributed by atoms with van der Waals surface area (Å²) in [5.41, 5.74) is 8.07. The van der Waals surface area contributed by atoms with Gasteiger partial charge in [0.2, 0.25) is 0 Å². The first-order valence-corrected chi connectivity index (χ1v) is 6.22. The molecule has 0 atom stereocenters. The monoisotopic (exact) mass is 266 g/mol. The lowest BCUT2D eigenvalue weighted by atomic mass is 10.2. The third-order valence-electron chi connectivity index (χ3n) is 3.29. The molecule has 0 saturated carbocycles. The van der Waals surface area contributed by atoms with Gasteiger partial charge in [0.05, 0.1) is 11.4 Å². The Labute approximate surface area is 116 Å². The summed E-state index contributed by atoms with van der Waals surface area (Å²) in [6, 6.07) is 10.8. The number of aromatic nitrogens is 2. The van der Waals surface area contributed by atoms with Crippen LogP contribution in [-0.4, -0.2) is 15.6 Å². The van der Waals surface area contributed by atoms with Crippen LogP contribution in [0, 0.1) is 0 Å². The van der Waals surface area contributed by atoms with E-state index in [9.17, 15) is 4.79 Å². The van der Waals surface area contributed by atoms with Gasteiger partial charge >= 0.3 is 6.03 Å². The molecular weight excluding hydrogens is 252 g/mol. The fraction of sp³-hybridized carbons (Fsp3) is 0.0667. The lowest BCUT2D eigenvalue weighted by molar-refractivity contribution is 0.256. The van der Waals surface area contributed by atoms with Gasteiger partial charge in [0.15, 0.2) is 0 Å². The summed E-state index contributed by atoms with van der Waals surface area (Å²) in [7, 11) is 1.97. The number of hydrogen-bond acceptors (Lipinski definition) is 2. The summed E-state index contributed by atoms with van der Waals surface area (Å²) in [4.78, 5) is 17.3. The predicted molar refractivity (Wildman–Crippen MR) is 78.9 cm³/mol. The minimum absolute atomic E-state index is 0.521. The number of hydrogen-bond donors (Lipinski definition) is 1. The Morgan fingerprint density at radius 3 is 2.65 bits per heavy atom. The van der Waals surface area contributed by atoms with Crippen LogP contribution in [0.25, 0.3) is 10.9 Å². The third-order valence-corrected chi connectivity index (χ3v) is 3.29. The van der Waals surface area contributed by atoms with E-state index in [0.29, 0.717) is 5.69 Å². The number of anilines is 2. The second-order valence-corrected chi connectivity index (χ2v) is 4.52. The minimum Gasteiger partial charge on any atom is -0.351 e. The van der Waals surface area contributed by atoms with Crippen molar-refractivity contribution in [1.82, 2.24) is 9.55 Å². The Morgan fingerprint density at radius 2 is 1.95 bits per heavy atom. The summed E-state index contributed by atoms with van der Waals surface area (Å²) < 4.78 is 2.00. The number of carbonyl (C=O) groups is 1. The standard InChI is InChI=1S/C15H14N4O/c1-18-10-7-12-13(18)3-2-4-14(12)19(15(16)20)11-5-8-17-9-6-11/h2-10H,1H3,(H2,16,20). The number of carbonyl (C=O) groups excluding carboxylic acids is 1. The van der Waals surface area contributed by atoms with E-state index in [4.69, 9.17) is 5.73 Å². The molecule has 2 amide bonds. The van der Waals surface area contributed by atoms with Crippen LogP contribution >= 0.6 is 0 Å². The lowest BCUT2D eigenvalue weighted by Crippen LogP contribution is -2.31. The normalized spacial score (nSPS) is 10.7. The van der Waals surface area contributed by atoms with E-state index in [1.807, 2.05) is 42.1 Å². The molecule has 100 valence electrons. The Hall–Kier alpha value is -2.82. The van der Waals surface area contributed by atoms with Crippen molar-refractivity contribution in [1.29, 1.82) is 0 Å². The number of nitrogens with zero attached hydrogens (tertiary/aromatic N) is 3. The molecule has 0 aliphatic rings. The van der Waals surface area contributed by atoms with Crippen LogP contribution in [0.4, 0.5) is 16.2 Å². The summed E-state index contributed by atoms with van der Waals surface area (Å²) in [6.45, 7) is 0. The minimum atomic E-state index is -0.521. The van der Waals surface area contributed by atoms with Crippen molar-refractivity contribution in [2.24, 2.45) is 12.8 Å². The van der Waals surface area contributed by atoms with E-state index < -0.39 is 6.03 Å². The van der Waals surface area contributed by atoms with Crippen molar-refractivity contribution in [2.75, 3.05) is 4.90 Å². The van der Waals surface area contributed by atoms with Crippen LogP contribution in [0.1, 0.15) is 0 Å². The molecule has 0 spiro atoms. The van der Waals surface area contributed by atoms with Crippen LogP contribution in [0.15, 0.2) is 55.0 Å². The average molecular weight is 266 g/mol. The number of nitrogens with two attached hydrogens (primary N) is 1. The molecule has 20 heavy (non-hydrogen) atoms. The van der Waals surface area contributed by atoms with E-state index in [1.54, 1.807) is 24.5 Å². The number of fused-ring (bicyclic) bond motifs is 1. The Balaban J connectivity index is 2.23. The first-order valence-electron chi connectivity index (χ1n) is 6.22. The topological polar surface area (TPSA) is 64.2 Å². The van der Waals surface area contributed by atoms with Crippen molar-refractivity contribution in [3.05, 3.63) is 55.0 Å². The van der Waals surface area contributed by atoms with E-state index in [-0.39, 0.29) is 0 Å². The zero-order valence-corrected chi connectivity index (χ0v) is 11.0. The van der Waals surface area contributed by atoms with Crippen molar-refractivity contribution in [2.45, 2.75) is 0 Å². The number of aryl methyl sites for hydroxylation is 1. The lowest BCUT2D eigenvalue weighted by Gasteiger charge is -2.21. The first kappa shape index (κ1) is 12.2. The average Bonchev–Trinajstić information content (AvgIpc) is 2.83. The van der Waals surface area contributed by atoms with Gasteiger partial charge in [0.25, 0.3) is 0 Å². The molecular formula is C15H14N4O. The fourth-order valence-electron chi connectivity index (χ4n) is 2.36. The maximum atomic E-state index is 11.9. The van der Waals surface area contributed by atoms with Gasteiger partial charge in [-0.15, -0.1) is 0 Å². The predicted octanol–water partition coefficient (Wildman–Crippen LogP) is 2.79. The third kappa shape index (κ3) is 1.89. The van der Waals surface area contributed by atoms with Gasteiger partial charge in [-0.05, 0) is 30.3 Å². The van der Waals surface area contributed by atoms with Crippen LogP contribution in [0.2, 0.25) is 0 Å². The molecule has 0 aliphatic heterocycles. The first-order chi connectivity index (χ1) is 9.68. The maximum Gasteiger partial charge on any atom is 0.323 e. The molecule has 0 unspecified atom stereocenters. The molecule has 5 nitrogen and oxygen atoms in total. The molecule has 3 aromatic rings. The maximum absolute atomic E-state index is 11.9. The zero-order valence-electron chi connectivity index (χ0n) is 11.0. The summed E-state index contributed by atoms with van der Waals surface area (Å²) in [5, 5.41) is 0.977. The van der Waals surface area contributed by atoms with Crippen LogP contribution in [0.3, 0.4) is 0 Å². The molecule has 0 saturated heterocycles. The number of amides is 2. The van der Waals surface area contributed by atoms with Crippen molar-refractivity contribution >= 4 is 28.3 Å². The van der Waals surface area contributed by atoms with Gasteiger partial charge in [0, 0.05) is 36.5 Å². The van der Waals surface area contributed by atoms with Gasteiger partial charge in [-0.2, -0.15) is 0 Å². The molecule has 3 rings (SSSR count). The second-order valence-electron chi connectivity index (χ2n) is 4.52. The Kier molecular flexibility index (Phi) is 2.87. The molecule has 0 radical (unpaired) electrons. The van der Waals surface area contributed by atoms with Gasteiger partial charge < -0.3 is 10.3 Å². The second kappa shape index (κ2) is 4.70. The van der Waals surface area contributed by atoms with E-state index in [2.05, 4.69) is 4.98 Å². The van der Waals surface area contributed by atoms with Crippen molar-refractivity contribution in [3.8, 4) is 0 Å².